The molecule has 0 fully saturated rings. The number of nitrogens with zero attached hydrogens (tertiary/aromatic N) is 1. The van der Waals surface area contributed by atoms with E-state index < -0.39 is 4.92 Å². The summed E-state index contributed by atoms with van der Waals surface area (Å²) in [6, 6.07) is 6.78. The summed E-state index contributed by atoms with van der Waals surface area (Å²) < 4.78 is 5.27. The van der Waals surface area contributed by atoms with Crippen LogP contribution in [0.1, 0.15) is 45.6 Å². The first kappa shape index (κ1) is 20.4. The lowest BCUT2D eigenvalue weighted by molar-refractivity contribution is -0.384. The molecule has 1 aromatic carbocycles. The van der Waals surface area contributed by atoms with E-state index in [2.05, 4.69) is 20.8 Å². The Labute approximate surface area is 147 Å². The summed E-state index contributed by atoms with van der Waals surface area (Å²) in [5, 5.41) is 10.2. The van der Waals surface area contributed by atoms with Crippen molar-refractivity contribution in [1.82, 2.24) is 0 Å². The van der Waals surface area contributed by atoms with Gasteiger partial charge in [0.2, 0.25) is 0 Å². The molecule has 24 heavy (non-hydrogen) atoms. The summed E-state index contributed by atoms with van der Waals surface area (Å²) in [5.41, 5.74) is 6.85. The second-order valence-corrected chi connectivity index (χ2v) is 6.79. The number of benzene rings is 1. The zero-order valence-corrected chi connectivity index (χ0v) is 15.2. The van der Waals surface area contributed by atoms with Crippen molar-refractivity contribution in [3.05, 3.63) is 46.0 Å². The molecule has 1 radical (unpaired) electrons. The van der Waals surface area contributed by atoms with E-state index in [1.165, 1.54) is 12.1 Å². The molecule has 1 rings (SSSR count). The Morgan fingerprint density at radius 3 is 2.46 bits per heavy atom. The normalized spacial score (nSPS) is 13.5. The highest BCUT2D eigenvalue weighted by atomic mass is 32.2. The zero-order valence-electron chi connectivity index (χ0n) is 14.4. The van der Waals surface area contributed by atoms with Gasteiger partial charge in [0.25, 0.3) is 5.69 Å². The van der Waals surface area contributed by atoms with Crippen LogP contribution in [-0.2, 0) is 11.3 Å². The minimum atomic E-state index is -0.464. The maximum Gasteiger partial charge on any atom is 0.367 e. The van der Waals surface area contributed by atoms with E-state index in [4.69, 9.17) is 10.5 Å². The van der Waals surface area contributed by atoms with Crippen LogP contribution in [0.3, 0.4) is 0 Å². The Hall–Kier alpha value is -1.60. The van der Waals surface area contributed by atoms with Crippen molar-refractivity contribution in [2.45, 2.75) is 51.9 Å². The molecule has 133 valence electrons. The number of hydrogen-bond donors (Lipinski definition) is 1. The van der Waals surface area contributed by atoms with Gasteiger partial charge in [0.1, 0.15) is 6.61 Å². The molecular weight excluding hydrogens is 328 g/mol. The molecule has 2 atom stereocenters. The molecule has 7 heteroatoms. The SMILES string of the molecule is CCC[C](N)C(SC(=O)OCc1ccc([N+](=O)[O-])cc1)C(C)CC. The quantitative estimate of drug-likeness (QED) is 0.394. The van der Waals surface area contributed by atoms with Gasteiger partial charge in [0.05, 0.1) is 4.92 Å². The predicted octanol–water partition coefficient (Wildman–Crippen LogP) is 4.67. The Kier molecular flexibility index (Phi) is 8.78. The Morgan fingerprint density at radius 1 is 1.33 bits per heavy atom. The fourth-order valence-electron chi connectivity index (χ4n) is 2.20. The van der Waals surface area contributed by atoms with Gasteiger partial charge in [0.15, 0.2) is 0 Å². The van der Waals surface area contributed by atoms with Gasteiger partial charge in [-0.05, 0) is 41.8 Å². The largest absolute Gasteiger partial charge is 0.453 e. The van der Waals surface area contributed by atoms with Crippen LogP contribution in [0.2, 0.25) is 0 Å². The number of ether oxygens (including phenoxy) is 1. The Morgan fingerprint density at radius 2 is 1.96 bits per heavy atom. The molecule has 0 aromatic heterocycles. The standard InChI is InChI=1S/C17H25N2O4S/c1-4-6-15(18)16(12(3)5-2)24-17(20)23-11-13-7-9-14(10-8-13)19(21)22/h7-10,12,16H,4-6,11,18H2,1-3H3. The summed E-state index contributed by atoms with van der Waals surface area (Å²) >= 11 is 1.12. The fourth-order valence-corrected chi connectivity index (χ4v) is 3.22. The van der Waals surface area contributed by atoms with Crippen LogP contribution in [-0.4, -0.2) is 15.5 Å². The molecule has 6 nitrogen and oxygen atoms in total. The topological polar surface area (TPSA) is 95.5 Å². The van der Waals surface area contributed by atoms with E-state index in [0.29, 0.717) is 5.56 Å². The van der Waals surface area contributed by atoms with Crippen molar-refractivity contribution in [3.63, 3.8) is 0 Å². The molecule has 1 aromatic rings. The second-order valence-electron chi connectivity index (χ2n) is 5.71. The van der Waals surface area contributed by atoms with Crippen molar-refractivity contribution in [1.29, 1.82) is 0 Å². The maximum absolute atomic E-state index is 12.1. The van der Waals surface area contributed by atoms with Crippen LogP contribution in [0, 0.1) is 22.1 Å². The highest BCUT2D eigenvalue weighted by Gasteiger charge is 2.27. The van der Waals surface area contributed by atoms with Gasteiger partial charge >= 0.3 is 5.30 Å². The number of non-ortho nitro benzene ring substituents is 1. The molecule has 0 saturated carbocycles. The first-order chi connectivity index (χ1) is 11.4. The minimum absolute atomic E-state index is 0.0122. The molecule has 0 bridgehead atoms. The number of nitro benzene ring substituents is 1. The number of rotatable bonds is 9. The average Bonchev–Trinajstić information content (AvgIpc) is 2.57. The third-order valence-electron chi connectivity index (χ3n) is 3.79. The lowest BCUT2D eigenvalue weighted by Crippen LogP contribution is -2.30. The van der Waals surface area contributed by atoms with Crippen LogP contribution in [0.4, 0.5) is 10.5 Å². The van der Waals surface area contributed by atoms with Gasteiger partial charge in [-0.15, -0.1) is 0 Å². The number of nitro groups is 1. The van der Waals surface area contributed by atoms with Crippen LogP contribution < -0.4 is 5.73 Å². The molecule has 0 aliphatic heterocycles. The lowest BCUT2D eigenvalue weighted by Gasteiger charge is -2.26. The molecule has 0 heterocycles. The van der Waals surface area contributed by atoms with Crippen molar-refractivity contribution < 1.29 is 14.5 Å². The smallest absolute Gasteiger partial charge is 0.367 e. The molecular formula is C17H25N2O4S. The van der Waals surface area contributed by atoms with Crippen molar-refractivity contribution in [2.24, 2.45) is 11.7 Å². The predicted molar refractivity (Wildman–Crippen MR) is 96.5 cm³/mol. The van der Waals surface area contributed by atoms with E-state index >= 15 is 0 Å². The summed E-state index contributed by atoms with van der Waals surface area (Å²) in [6.45, 7) is 6.28. The lowest BCUT2D eigenvalue weighted by atomic mass is 9.96. The van der Waals surface area contributed by atoms with Gasteiger partial charge in [-0.3, -0.25) is 10.1 Å². The van der Waals surface area contributed by atoms with E-state index in [0.717, 1.165) is 37.1 Å². The van der Waals surface area contributed by atoms with E-state index in [-0.39, 0.29) is 28.8 Å². The van der Waals surface area contributed by atoms with Crippen LogP contribution >= 0.6 is 11.8 Å². The summed E-state index contributed by atoms with van der Waals surface area (Å²) in [5.74, 6) is 0.286. The number of hydrogen-bond acceptors (Lipinski definition) is 6. The third kappa shape index (κ3) is 6.49. The first-order valence-corrected chi connectivity index (χ1v) is 8.94. The van der Waals surface area contributed by atoms with E-state index in [1.54, 1.807) is 12.1 Å². The van der Waals surface area contributed by atoms with Crippen LogP contribution in [0.25, 0.3) is 0 Å². The number of carbonyl (C=O) groups excluding carboxylic acids is 1. The maximum atomic E-state index is 12.1. The van der Waals surface area contributed by atoms with Crippen molar-refractivity contribution >= 4 is 22.8 Å². The molecule has 0 aliphatic carbocycles. The Balaban J connectivity index is 2.57. The first-order valence-electron chi connectivity index (χ1n) is 8.06. The third-order valence-corrected chi connectivity index (χ3v) is 5.12. The number of thioether (sulfide) groups is 1. The minimum Gasteiger partial charge on any atom is -0.453 e. The summed E-state index contributed by atoms with van der Waals surface area (Å²) in [7, 11) is 0. The molecule has 0 saturated heterocycles. The second kappa shape index (κ2) is 10.3. The van der Waals surface area contributed by atoms with Crippen LogP contribution in [0.5, 0.6) is 0 Å². The highest BCUT2D eigenvalue weighted by molar-refractivity contribution is 8.13. The van der Waals surface area contributed by atoms with Gasteiger partial charge in [-0.2, -0.15) is 0 Å². The van der Waals surface area contributed by atoms with E-state index in [1.807, 2.05) is 0 Å². The Bertz CT molecular complexity index is 536. The van der Waals surface area contributed by atoms with Gasteiger partial charge in [-0.25, -0.2) is 4.79 Å². The van der Waals surface area contributed by atoms with Crippen molar-refractivity contribution in [3.8, 4) is 0 Å². The molecule has 2 N–H and O–H groups in total. The highest BCUT2D eigenvalue weighted by Crippen LogP contribution is 2.31. The summed E-state index contributed by atoms with van der Waals surface area (Å²) in [6.07, 6.45) is 2.66. The zero-order chi connectivity index (χ0) is 18.1. The monoisotopic (exact) mass is 353 g/mol. The average molecular weight is 353 g/mol. The fraction of sp³-hybridized carbons (Fsp3) is 0.529. The number of carbonyl (C=O) groups is 1. The number of nitrogens with two attached hydrogens (primary N) is 1. The molecule has 2 unspecified atom stereocenters. The van der Waals surface area contributed by atoms with Gasteiger partial charge in [0, 0.05) is 23.4 Å². The molecule has 0 spiro atoms. The molecule has 0 amide bonds. The van der Waals surface area contributed by atoms with Crippen LogP contribution in [0.15, 0.2) is 24.3 Å². The van der Waals surface area contributed by atoms with Gasteiger partial charge < -0.3 is 10.5 Å². The van der Waals surface area contributed by atoms with Crippen molar-refractivity contribution in [2.75, 3.05) is 0 Å². The van der Waals surface area contributed by atoms with E-state index in [9.17, 15) is 14.9 Å². The summed E-state index contributed by atoms with van der Waals surface area (Å²) in [4.78, 5) is 22.2. The molecule has 0 aliphatic rings. The van der Waals surface area contributed by atoms with Gasteiger partial charge in [-0.1, -0.05) is 33.6 Å².